The van der Waals surface area contributed by atoms with E-state index in [0.29, 0.717) is 42.8 Å². The van der Waals surface area contributed by atoms with Gasteiger partial charge in [-0.15, -0.1) is 0 Å². The number of nitrogens with one attached hydrogen (secondary N) is 1. The molecule has 1 aliphatic heterocycles. The van der Waals surface area contributed by atoms with Crippen LogP contribution in [0.25, 0.3) is 6.08 Å². The van der Waals surface area contributed by atoms with Crippen LogP contribution in [0.1, 0.15) is 43.4 Å². The van der Waals surface area contributed by atoms with Gasteiger partial charge in [0.05, 0.1) is 6.04 Å². The van der Waals surface area contributed by atoms with Crippen LogP contribution >= 0.6 is 0 Å². The number of ether oxygens (including phenoxy) is 2. The molecule has 0 bridgehead atoms. The highest BCUT2D eigenvalue weighted by Crippen LogP contribution is 2.28. The Morgan fingerprint density at radius 2 is 1.74 bits per heavy atom. The smallest absolute Gasteiger partial charge is 0.331 e. The Labute approximate surface area is 244 Å². The van der Waals surface area contributed by atoms with E-state index in [1.165, 1.54) is 12.1 Å². The van der Waals surface area contributed by atoms with Crippen LogP contribution in [0.4, 0.5) is 8.78 Å². The summed E-state index contributed by atoms with van der Waals surface area (Å²) >= 11 is 0. The lowest BCUT2D eigenvalue weighted by atomic mass is 9.99. The number of hydrogen-bond donors (Lipinski definition) is 1. The maximum absolute atomic E-state index is 14.3. The molecule has 1 aliphatic rings. The predicted octanol–water partition coefficient (Wildman–Crippen LogP) is 5.82. The Morgan fingerprint density at radius 3 is 2.43 bits per heavy atom. The molecule has 1 heterocycles. The van der Waals surface area contributed by atoms with Crippen LogP contribution < -0.4 is 10.1 Å². The van der Waals surface area contributed by atoms with Crippen molar-refractivity contribution in [2.75, 3.05) is 13.1 Å². The van der Waals surface area contributed by atoms with Gasteiger partial charge in [-0.2, -0.15) is 0 Å². The van der Waals surface area contributed by atoms with Gasteiger partial charge in [-0.25, -0.2) is 13.6 Å². The number of carbonyl (C=O) groups excluding carboxylic acids is 3. The predicted molar refractivity (Wildman–Crippen MR) is 154 cm³/mol. The molecule has 0 saturated carbocycles. The second kappa shape index (κ2) is 14.5. The summed E-state index contributed by atoms with van der Waals surface area (Å²) < 4.78 is 38.6. The molecular weight excluding hydrogens is 542 g/mol. The van der Waals surface area contributed by atoms with Crippen molar-refractivity contribution in [1.29, 1.82) is 0 Å². The van der Waals surface area contributed by atoms with Crippen LogP contribution in [-0.2, 0) is 32.3 Å². The van der Waals surface area contributed by atoms with Crippen LogP contribution in [0.3, 0.4) is 0 Å². The second-order valence-corrected chi connectivity index (χ2v) is 10.4. The van der Waals surface area contributed by atoms with Gasteiger partial charge in [0, 0.05) is 44.6 Å². The maximum Gasteiger partial charge on any atom is 0.331 e. The summed E-state index contributed by atoms with van der Waals surface area (Å²) in [7, 11) is 0. The number of nitrogens with zero attached hydrogens (tertiary/aromatic N) is 1. The van der Waals surface area contributed by atoms with Gasteiger partial charge in [0.25, 0.3) is 0 Å². The quantitative estimate of drug-likeness (QED) is 0.229. The summed E-state index contributed by atoms with van der Waals surface area (Å²) in [4.78, 5) is 39.1. The normalized spacial score (nSPS) is 14.3. The third kappa shape index (κ3) is 8.57. The fourth-order valence-corrected chi connectivity index (χ4v) is 4.58. The molecule has 1 amide bonds. The molecule has 7 nitrogen and oxygen atoms in total. The molecule has 0 aromatic heterocycles. The Bertz CT molecular complexity index is 1430. The lowest BCUT2D eigenvalue weighted by molar-refractivity contribution is -0.139. The minimum Gasteiger partial charge on any atom is -0.458 e. The van der Waals surface area contributed by atoms with Gasteiger partial charge < -0.3 is 19.7 Å². The molecule has 0 aliphatic carbocycles. The summed E-state index contributed by atoms with van der Waals surface area (Å²) in [6.45, 7) is 5.02. The molecule has 1 atom stereocenters. The van der Waals surface area contributed by atoms with Crippen molar-refractivity contribution in [2.24, 2.45) is 5.92 Å². The van der Waals surface area contributed by atoms with E-state index in [9.17, 15) is 23.2 Å². The van der Waals surface area contributed by atoms with E-state index in [1.54, 1.807) is 29.2 Å². The van der Waals surface area contributed by atoms with Gasteiger partial charge in [-0.3, -0.25) is 9.59 Å². The topological polar surface area (TPSA) is 84.9 Å². The summed E-state index contributed by atoms with van der Waals surface area (Å²) in [5.41, 5.74) is 2.19. The van der Waals surface area contributed by atoms with Crippen LogP contribution in [-0.4, -0.2) is 41.7 Å². The first kappa shape index (κ1) is 30.6. The lowest BCUT2D eigenvalue weighted by Crippen LogP contribution is -2.51. The highest BCUT2D eigenvalue weighted by Gasteiger charge is 2.29. The summed E-state index contributed by atoms with van der Waals surface area (Å²) in [6, 6.07) is 16.8. The molecule has 1 saturated heterocycles. The fourth-order valence-electron chi connectivity index (χ4n) is 4.58. The number of amides is 1. The SMILES string of the molecule is CC(C)[C@@H](NCc1cc(Oc2ccc(F)cc2F)ccc1C=CC(=O)OCc1ccccc1)C(=O)N1CCC(=O)CC1. The molecule has 9 heteroatoms. The number of hydrogen-bond acceptors (Lipinski definition) is 6. The Hall–Kier alpha value is -4.37. The van der Waals surface area contributed by atoms with E-state index < -0.39 is 23.6 Å². The number of benzene rings is 3. The number of esters is 1. The first-order valence-corrected chi connectivity index (χ1v) is 13.9. The minimum absolute atomic E-state index is 0.0465. The molecule has 220 valence electrons. The molecule has 0 unspecified atom stereocenters. The second-order valence-electron chi connectivity index (χ2n) is 10.4. The van der Waals surface area contributed by atoms with E-state index in [-0.39, 0.29) is 36.5 Å². The zero-order chi connectivity index (χ0) is 30.1. The molecule has 42 heavy (non-hydrogen) atoms. The minimum atomic E-state index is -0.842. The number of halogens is 2. The van der Waals surface area contributed by atoms with E-state index >= 15 is 0 Å². The molecular formula is C33H34F2N2O5. The van der Waals surface area contributed by atoms with Crippen molar-refractivity contribution in [3.05, 3.63) is 101 Å². The number of Topliss-reactive ketones (excluding diaryl/α,β-unsaturated/α-hetero) is 1. The molecule has 1 fully saturated rings. The Balaban J connectivity index is 1.52. The van der Waals surface area contributed by atoms with Gasteiger partial charge in [0.15, 0.2) is 11.6 Å². The molecule has 4 rings (SSSR count). The van der Waals surface area contributed by atoms with Crippen LogP contribution in [0.2, 0.25) is 0 Å². The zero-order valence-electron chi connectivity index (χ0n) is 23.6. The molecule has 3 aromatic rings. The Morgan fingerprint density at radius 1 is 1.00 bits per heavy atom. The van der Waals surface area contributed by atoms with E-state index in [2.05, 4.69) is 5.32 Å². The van der Waals surface area contributed by atoms with Crippen LogP contribution in [0.5, 0.6) is 11.5 Å². The monoisotopic (exact) mass is 576 g/mol. The highest BCUT2D eigenvalue weighted by atomic mass is 19.1. The number of piperidine rings is 1. The summed E-state index contributed by atoms with van der Waals surface area (Å²) in [5.74, 6) is -1.91. The van der Waals surface area contributed by atoms with Gasteiger partial charge in [0.2, 0.25) is 5.91 Å². The number of likely N-dealkylation sites (tertiary alicyclic amines) is 1. The van der Waals surface area contributed by atoms with Crippen molar-refractivity contribution in [3.63, 3.8) is 0 Å². The van der Waals surface area contributed by atoms with Crippen molar-refractivity contribution in [1.82, 2.24) is 10.2 Å². The zero-order valence-corrected chi connectivity index (χ0v) is 23.6. The van der Waals surface area contributed by atoms with Gasteiger partial charge in [-0.1, -0.05) is 50.2 Å². The van der Waals surface area contributed by atoms with Gasteiger partial charge >= 0.3 is 5.97 Å². The highest BCUT2D eigenvalue weighted by molar-refractivity contribution is 5.87. The maximum atomic E-state index is 14.3. The first-order valence-electron chi connectivity index (χ1n) is 13.9. The van der Waals surface area contributed by atoms with Crippen molar-refractivity contribution in [2.45, 2.75) is 45.9 Å². The van der Waals surface area contributed by atoms with Crippen LogP contribution in [0, 0.1) is 17.6 Å². The lowest BCUT2D eigenvalue weighted by Gasteiger charge is -2.32. The molecule has 0 spiro atoms. The molecule has 1 N–H and O–H groups in total. The van der Waals surface area contributed by atoms with Crippen LogP contribution in [0.15, 0.2) is 72.8 Å². The van der Waals surface area contributed by atoms with Crippen molar-refractivity contribution >= 4 is 23.7 Å². The Kier molecular flexibility index (Phi) is 10.6. The van der Waals surface area contributed by atoms with Gasteiger partial charge in [0.1, 0.15) is 24.0 Å². The number of carbonyl (C=O) groups is 3. The third-order valence-electron chi connectivity index (χ3n) is 6.94. The molecule has 0 radical (unpaired) electrons. The average Bonchev–Trinajstić information content (AvgIpc) is 2.97. The largest absolute Gasteiger partial charge is 0.458 e. The number of rotatable bonds is 11. The van der Waals surface area contributed by atoms with E-state index in [0.717, 1.165) is 17.7 Å². The molecule has 3 aromatic carbocycles. The average molecular weight is 577 g/mol. The van der Waals surface area contributed by atoms with Crippen molar-refractivity contribution in [3.8, 4) is 11.5 Å². The van der Waals surface area contributed by atoms with Gasteiger partial charge in [-0.05, 0) is 52.9 Å². The summed E-state index contributed by atoms with van der Waals surface area (Å²) in [6.07, 6.45) is 3.63. The third-order valence-corrected chi connectivity index (χ3v) is 6.94. The van der Waals surface area contributed by atoms with E-state index in [4.69, 9.17) is 9.47 Å². The summed E-state index contributed by atoms with van der Waals surface area (Å²) in [5, 5.41) is 3.32. The first-order chi connectivity index (χ1) is 20.2. The van der Waals surface area contributed by atoms with Crippen molar-refractivity contribution < 1.29 is 32.6 Å². The standard InChI is InChI=1S/C33H34F2N2O5/c1-22(2)32(33(40)37-16-14-27(38)15-17-37)36-20-25-18-28(42-30-12-10-26(34)19-29(30)35)11-8-24(25)9-13-31(39)41-21-23-6-4-3-5-7-23/h3-13,18-19,22,32,36H,14-17,20-21H2,1-2H3/t32-/m1/s1. The van der Waals surface area contributed by atoms with E-state index in [1.807, 2.05) is 44.2 Å². The fraction of sp³-hybridized carbons (Fsp3) is 0.303. The number of ketones is 1.